The zero-order chi connectivity index (χ0) is 10.9. The van der Waals surface area contributed by atoms with Crippen LogP contribution in [0.3, 0.4) is 0 Å². The van der Waals surface area contributed by atoms with Crippen LogP contribution in [0.2, 0.25) is 0 Å². The van der Waals surface area contributed by atoms with Gasteiger partial charge >= 0.3 is 0 Å². The van der Waals surface area contributed by atoms with Gasteiger partial charge in [0.05, 0.1) is 18.8 Å². The summed E-state index contributed by atoms with van der Waals surface area (Å²) in [7, 11) is 0. The Morgan fingerprint density at radius 3 is 3.20 bits per heavy atom. The lowest BCUT2D eigenvalue weighted by atomic mass is 10.6. The number of hydrogen-bond acceptors (Lipinski definition) is 5. The molecule has 0 saturated heterocycles. The first-order valence-corrected chi connectivity index (χ1v) is 6.05. The second-order valence-electron chi connectivity index (χ2n) is 2.96. The Bertz CT molecular complexity index is 319. The minimum atomic E-state index is 0.516. The van der Waals surface area contributed by atoms with Gasteiger partial charge in [-0.1, -0.05) is 18.0 Å². The predicted octanol–water partition coefficient (Wildman–Crippen LogP) is 1.44. The highest BCUT2D eigenvalue weighted by Gasteiger charge is 2.04. The lowest BCUT2D eigenvalue weighted by molar-refractivity contribution is 0.366. The third kappa shape index (κ3) is 4.86. The minimum Gasteiger partial charge on any atom is -0.338 e. The van der Waals surface area contributed by atoms with E-state index >= 15 is 0 Å². The summed E-state index contributed by atoms with van der Waals surface area (Å²) in [5.41, 5.74) is 0. The number of thioether (sulfide) groups is 1. The number of terminal acetylenes is 1. The molecular weight excluding hydrogens is 210 g/mol. The van der Waals surface area contributed by atoms with Crippen molar-refractivity contribution in [1.29, 1.82) is 0 Å². The fourth-order valence-electron chi connectivity index (χ4n) is 0.970. The Labute approximate surface area is 94.2 Å². The van der Waals surface area contributed by atoms with E-state index in [0.29, 0.717) is 19.0 Å². The van der Waals surface area contributed by atoms with E-state index in [4.69, 9.17) is 10.9 Å². The van der Waals surface area contributed by atoms with Crippen molar-refractivity contribution in [3.05, 3.63) is 11.7 Å². The van der Waals surface area contributed by atoms with Crippen LogP contribution in [0.1, 0.15) is 25.1 Å². The summed E-state index contributed by atoms with van der Waals surface area (Å²) in [6.45, 7) is 3.20. The molecule has 0 aromatic carbocycles. The standard InChI is InChI=1S/C10H15N3OS/c1-3-5-11-7-10-12-9(13-14-10)8-15-6-4-2/h1,11H,4-8H2,2H3. The van der Waals surface area contributed by atoms with Crippen LogP contribution in [0.25, 0.3) is 0 Å². The monoisotopic (exact) mass is 225 g/mol. The maximum Gasteiger partial charge on any atom is 0.240 e. The van der Waals surface area contributed by atoms with Crippen LogP contribution in [0.15, 0.2) is 4.52 Å². The maximum atomic E-state index is 5.10. The van der Waals surface area contributed by atoms with Crippen molar-refractivity contribution >= 4 is 11.8 Å². The third-order valence-corrected chi connectivity index (χ3v) is 2.75. The van der Waals surface area contributed by atoms with E-state index in [1.165, 1.54) is 6.42 Å². The molecule has 0 unspecified atom stereocenters. The highest BCUT2D eigenvalue weighted by molar-refractivity contribution is 7.98. The van der Waals surface area contributed by atoms with Gasteiger partial charge in [-0.05, 0) is 12.2 Å². The topological polar surface area (TPSA) is 51.0 Å². The van der Waals surface area contributed by atoms with E-state index in [0.717, 1.165) is 17.3 Å². The summed E-state index contributed by atoms with van der Waals surface area (Å²) < 4.78 is 5.04. The van der Waals surface area contributed by atoms with Crippen molar-refractivity contribution in [2.45, 2.75) is 25.6 Å². The fraction of sp³-hybridized carbons (Fsp3) is 0.600. The number of nitrogens with zero attached hydrogens (tertiary/aromatic N) is 2. The van der Waals surface area contributed by atoms with E-state index in [1.54, 1.807) is 0 Å². The van der Waals surface area contributed by atoms with Gasteiger partial charge in [0.25, 0.3) is 0 Å². The molecular formula is C10H15N3OS. The van der Waals surface area contributed by atoms with Crippen LogP contribution in [0.4, 0.5) is 0 Å². The molecule has 0 aliphatic rings. The number of hydrogen-bond donors (Lipinski definition) is 1. The summed E-state index contributed by atoms with van der Waals surface area (Å²) in [5.74, 6) is 5.77. The fourth-order valence-corrected chi connectivity index (χ4v) is 1.70. The largest absolute Gasteiger partial charge is 0.338 e. The molecule has 0 amide bonds. The molecule has 4 nitrogen and oxygen atoms in total. The maximum absolute atomic E-state index is 5.10. The molecule has 82 valence electrons. The molecule has 1 aromatic heterocycles. The molecule has 1 heterocycles. The van der Waals surface area contributed by atoms with E-state index in [-0.39, 0.29) is 0 Å². The van der Waals surface area contributed by atoms with Crippen LogP contribution >= 0.6 is 11.8 Å². The van der Waals surface area contributed by atoms with E-state index in [2.05, 4.69) is 28.3 Å². The van der Waals surface area contributed by atoms with Crippen LogP contribution < -0.4 is 5.32 Å². The molecule has 0 radical (unpaired) electrons. The van der Waals surface area contributed by atoms with Gasteiger partial charge in [-0.25, -0.2) is 0 Å². The van der Waals surface area contributed by atoms with E-state index in [9.17, 15) is 0 Å². The second-order valence-corrected chi connectivity index (χ2v) is 4.07. The number of nitrogens with one attached hydrogen (secondary N) is 1. The zero-order valence-electron chi connectivity index (χ0n) is 8.82. The lowest BCUT2D eigenvalue weighted by Crippen LogP contribution is -2.13. The van der Waals surface area contributed by atoms with Crippen LogP contribution in [-0.2, 0) is 12.3 Å². The Morgan fingerprint density at radius 2 is 2.47 bits per heavy atom. The Balaban J connectivity index is 2.26. The minimum absolute atomic E-state index is 0.516. The van der Waals surface area contributed by atoms with Gasteiger partial charge in [0, 0.05) is 0 Å². The average molecular weight is 225 g/mol. The smallest absolute Gasteiger partial charge is 0.240 e. The first-order valence-electron chi connectivity index (χ1n) is 4.90. The number of rotatable bonds is 7. The normalized spacial score (nSPS) is 10.1. The van der Waals surface area contributed by atoms with Gasteiger partial charge in [0.2, 0.25) is 5.89 Å². The highest BCUT2D eigenvalue weighted by atomic mass is 32.2. The van der Waals surface area contributed by atoms with Gasteiger partial charge < -0.3 is 4.52 Å². The molecule has 0 aliphatic heterocycles. The summed E-state index contributed by atoms with van der Waals surface area (Å²) in [5, 5.41) is 6.86. The Morgan fingerprint density at radius 1 is 1.60 bits per heavy atom. The van der Waals surface area contributed by atoms with Gasteiger partial charge in [-0.2, -0.15) is 16.7 Å². The first kappa shape index (κ1) is 12.1. The first-order chi connectivity index (χ1) is 7.36. The summed E-state index contributed by atoms with van der Waals surface area (Å²) in [4.78, 5) is 4.22. The Kier molecular flexibility index (Phi) is 5.90. The zero-order valence-corrected chi connectivity index (χ0v) is 9.64. The van der Waals surface area contributed by atoms with Crippen molar-refractivity contribution < 1.29 is 4.52 Å². The average Bonchev–Trinajstić information content (AvgIpc) is 2.67. The molecule has 0 aliphatic carbocycles. The Hall–Kier alpha value is -0.990. The molecule has 0 saturated carbocycles. The SMILES string of the molecule is C#CCNCc1nc(CSCCC)no1. The summed E-state index contributed by atoms with van der Waals surface area (Å²) >= 11 is 1.81. The van der Waals surface area contributed by atoms with Crippen molar-refractivity contribution in [3.63, 3.8) is 0 Å². The molecule has 0 atom stereocenters. The van der Waals surface area contributed by atoms with Gasteiger partial charge in [-0.3, -0.25) is 5.32 Å². The van der Waals surface area contributed by atoms with Crippen molar-refractivity contribution in [1.82, 2.24) is 15.5 Å². The van der Waals surface area contributed by atoms with E-state index in [1.807, 2.05) is 11.8 Å². The van der Waals surface area contributed by atoms with Crippen molar-refractivity contribution in [2.24, 2.45) is 0 Å². The highest BCUT2D eigenvalue weighted by Crippen LogP contribution is 2.09. The molecule has 0 fully saturated rings. The van der Waals surface area contributed by atoms with Crippen molar-refractivity contribution in [3.8, 4) is 12.3 Å². The molecule has 5 heteroatoms. The second kappa shape index (κ2) is 7.32. The van der Waals surface area contributed by atoms with Crippen LogP contribution in [0.5, 0.6) is 0 Å². The van der Waals surface area contributed by atoms with Crippen LogP contribution in [-0.4, -0.2) is 22.4 Å². The van der Waals surface area contributed by atoms with E-state index < -0.39 is 0 Å². The summed E-state index contributed by atoms with van der Waals surface area (Å²) in [6.07, 6.45) is 6.26. The predicted molar refractivity (Wildman–Crippen MR) is 61.3 cm³/mol. The molecule has 15 heavy (non-hydrogen) atoms. The number of aromatic nitrogens is 2. The quantitative estimate of drug-likeness (QED) is 0.562. The summed E-state index contributed by atoms with van der Waals surface area (Å²) in [6, 6.07) is 0. The van der Waals surface area contributed by atoms with Crippen LogP contribution in [0, 0.1) is 12.3 Å². The van der Waals surface area contributed by atoms with Crippen molar-refractivity contribution in [2.75, 3.05) is 12.3 Å². The van der Waals surface area contributed by atoms with Gasteiger partial charge in [0.1, 0.15) is 0 Å². The molecule has 1 N–H and O–H groups in total. The molecule has 1 aromatic rings. The molecule has 0 spiro atoms. The van der Waals surface area contributed by atoms with Gasteiger partial charge in [0.15, 0.2) is 5.82 Å². The molecule has 0 bridgehead atoms. The van der Waals surface area contributed by atoms with Gasteiger partial charge in [-0.15, -0.1) is 6.42 Å². The molecule has 1 rings (SSSR count). The third-order valence-electron chi connectivity index (χ3n) is 1.59. The lowest BCUT2D eigenvalue weighted by Gasteiger charge is -1.93.